The van der Waals surface area contributed by atoms with Gasteiger partial charge in [-0.05, 0) is 36.4 Å². The third-order valence-electron chi connectivity index (χ3n) is 3.69. The summed E-state index contributed by atoms with van der Waals surface area (Å²) in [6, 6.07) is 18.4. The molecule has 3 aromatic rings. The number of halogens is 1. The fraction of sp³-hybridized carbons (Fsp3) is 0.0500. The smallest absolute Gasteiger partial charge is 0.274 e. The number of hydrogen-bond acceptors (Lipinski definition) is 4. The number of amides is 1. The van der Waals surface area contributed by atoms with Crippen LogP contribution in [-0.2, 0) is 6.54 Å². The lowest BCUT2D eigenvalue weighted by atomic mass is 10.2. The Morgan fingerprint density at radius 3 is 2.65 bits per heavy atom. The number of hydrogen-bond donors (Lipinski definition) is 2. The number of carbonyl (C=O) groups excluding carboxylic acids is 1. The Morgan fingerprint density at radius 1 is 1.08 bits per heavy atom. The molecule has 5 nitrogen and oxygen atoms in total. The van der Waals surface area contributed by atoms with Gasteiger partial charge in [-0.15, -0.1) is 0 Å². The molecule has 0 fully saturated rings. The Morgan fingerprint density at radius 2 is 1.92 bits per heavy atom. The van der Waals surface area contributed by atoms with Crippen LogP contribution in [-0.4, -0.2) is 10.9 Å². The number of rotatable bonds is 5. The minimum atomic E-state index is -0.374. The number of aromatic nitrogens is 1. The zero-order valence-corrected chi connectivity index (χ0v) is 13.7. The van der Waals surface area contributed by atoms with Crippen molar-refractivity contribution in [2.75, 3.05) is 10.6 Å². The van der Waals surface area contributed by atoms with Gasteiger partial charge in [-0.2, -0.15) is 5.26 Å². The van der Waals surface area contributed by atoms with Crippen molar-refractivity contribution in [3.63, 3.8) is 0 Å². The molecule has 0 radical (unpaired) electrons. The minimum absolute atomic E-state index is 0.240. The van der Waals surface area contributed by atoms with Crippen LogP contribution in [0.1, 0.15) is 21.6 Å². The van der Waals surface area contributed by atoms with Crippen molar-refractivity contribution in [1.82, 2.24) is 4.98 Å². The first-order valence-corrected chi connectivity index (χ1v) is 7.90. The second kappa shape index (κ2) is 7.90. The van der Waals surface area contributed by atoms with Gasteiger partial charge in [-0.25, -0.2) is 9.37 Å². The largest absolute Gasteiger partial charge is 0.380 e. The highest BCUT2D eigenvalue weighted by molar-refractivity contribution is 6.03. The van der Waals surface area contributed by atoms with E-state index in [0.29, 0.717) is 29.0 Å². The molecule has 0 unspecified atom stereocenters. The lowest BCUT2D eigenvalue weighted by Crippen LogP contribution is -2.13. The van der Waals surface area contributed by atoms with Gasteiger partial charge in [0.2, 0.25) is 0 Å². The predicted octanol–water partition coefficient (Wildman–Crippen LogP) is 3.96. The summed E-state index contributed by atoms with van der Waals surface area (Å²) in [5.74, 6) is -0.649. The third kappa shape index (κ3) is 4.22. The van der Waals surface area contributed by atoms with E-state index in [-0.39, 0.29) is 17.4 Å². The first-order valence-electron chi connectivity index (χ1n) is 7.90. The minimum Gasteiger partial charge on any atom is -0.380 e. The summed E-state index contributed by atoms with van der Waals surface area (Å²) in [5.41, 5.74) is 2.45. The summed E-state index contributed by atoms with van der Waals surface area (Å²) in [4.78, 5) is 16.3. The Balaban J connectivity index is 1.62. The first-order chi connectivity index (χ1) is 12.7. The number of anilines is 2. The second-order valence-electron chi connectivity index (χ2n) is 5.52. The number of pyridine rings is 1. The van der Waals surface area contributed by atoms with E-state index in [2.05, 4.69) is 15.6 Å². The standard InChI is InChI=1S/C20H15FN4O/c21-18-7-2-1-5-15(18)12-23-17-8-9-19(24-13-17)20(26)25-16-6-3-4-14(10-16)11-22/h1-10,13,23H,12H2,(H,25,26). The molecule has 0 atom stereocenters. The van der Waals surface area contributed by atoms with E-state index in [1.165, 1.54) is 12.3 Å². The van der Waals surface area contributed by atoms with Crippen molar-refractivity contribution >= 4 is 17.3 Å². The van der Waals surface area contributed by atoms with Crippen molar-refractivity contribution in [3.05, 3.63) is 89.5 Å². The highest BCUT2D eigenvalue weighted by atomic mass is 19.1. The molecule has 1 heterocycles. The predicted molar refractivity (Wildman–Crippen MR) is 97.1 cm³/mol. The van der Waals surface area contributed by atoms with E-state index in [0.717, 1.165) is 0 Å². The summed E-state index contributed by atoms with van der Waals surface area (Å²) >= 11 is 0. The van der Waals surface area contributed by atoms with Crippen LogP contribution in [0.3, 0.4) is 0 Å². The monoisotopic (exact) mass is 346 g/mol. The van der Waals surface area contributed by atoms with E-state index >= 15 is 0 Å². The maximum atomic E-state index is 13.6. The molecule has 6 heteroatoms. The van der Waals surface area contributed by atoms with Gasteiger partial charge < -0.3 is 10.6 Å². The normalized spacial score (nSPS) is 10.0. The molecular formula is C20H15FN4O. The molecule has 26 heavy (non-hydrogen) atoms. The summed E-state index contributed by atoms with van der Waals surface area (Å²) in [7, 11) is 0. The molecule has 3 rings (SSSR count). The van der Waals surface area contributed by atoms with Crippen LogP contribution in [0.15, 0.2) is 66.9 Å². The van der Waals surface area contributed by atoms with E-state index in [1.807, 2.05) is 6.07 Å². The van der Waals surface area contributed by atoms with Crippen molar-refractivity contribution < 1.29 is 9.18 Å². The highest BCUT2D eigenvalue weighted by Crippen LogP contribution is 2.14. The van der Waals surface area contributed by atoms with Crippen LogP contribution in [0.5, 0.6) is 0 Å². The summed E-state index contributed by atoms with van der Waals surface area (Å²) in [6.07, 6.45) is 1.52. The van der Waals surface area contributed by atoms with E-state index in [4.69, 9.17) is 5.26 Å². The molecule has 1 amide bonds. The third-order valence-corrected chi connectivity index (χ3v) is 3.69. The molecule has 1 aromatic heterocycles. The van der Waals surface area contributed by atoms with Crippen molar-refractivity contribution in [2.24, 2.45) is 0 Å². The van der Waals surface area contributed by atoms with Gasteiger partial charge in [0.1, 0.15) is 11.5 Å². The maximum Gasteiger partial charge on any atom is 0.274 e. The zero-order chi connectivity index (χ0) is 18.4. The zero-order valence-electron chi connectivity index (χ0n) is 13.7. The molecule has 0 aliphatic rings. The summed E-state index contributed by atoms with van der Waals surface area (Å²) in [6.45, 7) is 0.320. The van der Waals surface area contributed by atoms with Crippen LogP contribution >= 0.6 is 0 Å². The molecule has 0 saturated heterocycles. The molecule has 0 aliphatic heterocycles. The molecule has 0 aliphatic carbocycles. The fourth-order valence-corrected chi connectivity index (χ4v) is 2.33. The van der Waals surface area contributed by atoms with Gasteiger partial charge in [-0.3, -0.25) is 4.79 Å². The topological polar surface area (TPSA) is 77.8 Å². The first kappa shape index (κ1) is 17.1. The molecule has 2 aromatic carbocycles. The van der Waals surface area contributed by atoms with Gasteiger partial charge in [0.25, 0.3) is 5.91 Å². The summed E-state index contributed by atoms with van der Waals surface area (Å²) < 4.78 is 13.6. The molecule has 0 spiro atoms. The van der Waals surface area contributed by atoms with Gasteiger partial charge in [0, 0.05) is 17.8 Å². The molecular weight excluding hydrogens is 331 g/mol. The molecule has 0 bridgehead atoms. The van der Waals surface area contributed by atoms with Crippen LogP contribution in [0, 0.1) is 17.1 Å². The summed E-state index contributed by atoms with van der Waals surface area (Å²) in [5, 5.41) is 14.6. The Kier molecular flexibility index (Phi) is 5.20. The average molecular weight is 346 g/mol. The number of benzene rings is 2. The Labute approximate surface area is 150 Å². The second-order valence-corrected chi connectivity index (χ2v) is 5.52. The Bertz CT molecular complexity index is 964. The average Bonchev–Trinajstić information content (AvgIpc) is 2.68. The van der Waals surface area contributed by atoms with Gasteiger partial charge >= 0.3 is 0 Å². The number of nitriles is 1. The van der Waals surface area contributed by atoms with Crippen LogP contribution < -0.4 is 10.6 Å². The molecule has 128 valence electrons. The van der Waals surface area contributed by atoms with E-state index in [1.54, 1.807) is 54.6 Å². The van der Waals surface area contributed by atoms with Gasteiger partial charge in [0.05, 0.1) is 23.5 Å². The Hall–Kier alpha value is -3.72. The fourth-order valence-electron chi connectivity index (χ4n) is 2.33. The molecule has 0 saturated carbocycles. The van der Waals surface area contributed by atoms with Crippen molar-refractivity contribution in [3.8, 4) is 6.07 Å². The SMILES string of the molecule is N#Cc1cccc(NC(=O)c2ccc(NCc3ccccc3F)cn2)c1. The van der Waals surface area contributed by atoms with Gasteiger partial charge in [-0.1, -0.05) is 24.3 Å². The molecule has 2 N–H and O–H groups in total. The van der Waals surface area contributed by atoms with Crippen molar-refractivity contribution in [2.45, 2.75) is 6.54 Å². The maximum absolute atomic E-state index is 13.6. The lowest BCUT2D eigenvalue weighted by Gasteiger charge is -2.08. The van der Waals surface area contributed by atoms with E-state index in [9.17, 15) is 9.18 Å². The van der Waals surface area contributed by atoms with Crippen molar-refractivity contribution in [1.29, 1.82) is 5.26 Å². The highest BCUT2D eigenvalue weighted by Gasteiger charge is 2.08. The quantitative estimate of drug-likeness (QED) is 0.733. The van der Waals surface area contributed by atoms with E-state index < -0.39 is 0 Å². The number of nitrogens with zero attached hydrogens (tertiary/aromatic N) is 2. The van der Waals surface area contributed by atoms with Gasteiger partial charge in [0.15, 0.2) is 0 Å². The van der Waals surface area contributed by atoms with Crippen LogP contribution in [0.2, 0.25) is 0 Å². The van der Waals surface area contributed by atoms with Crippen LogP contribution in [0.25, 0.3) is 0 Å². The number of nitrogens with one attached hydrogen (secondary N) is 2. The lowest BCUT2D eigenvalue weighted by molar-refractivity contribution is 0.102. The van der Waals surface area contributed by atoms with Crippen LogP contribution in [0.4, 0.5) is 15.8 Å². The number of carbonyl (C=O) groups is 1.